The Labute approximate surface area is 113 Å². The summed E-state index contributed by atoms with van der Waals surface area (Å²) in [7, 11) is 0. The van der Waals surface area contributed by atoms with E-state index in [9.17, 15) is 4.79 Å². The van der Waals surface area contributed by atoms with Crippen LogP contribution in [0.2, 0.25) is 5.02 Å². The highest BCUT2D eigenvalue weighted by molar-refractivity contribution is 9.10. The first-order chi connectivity index (χ1) is 8.08. The van der Waals surface area contributed by atoms with Gasteiger partial charge in [-0.15, -0.1) is 0 Å². The van der Waals surface area contributed by atoms with E-state index in [0.717, 1.165) is 23.0 Å². The highest BCUT2D eigenvalue weighted by Crippen LogP contribution is 2.23. The van der Waals surface area contributed by atoms with Gasteiger partial charge in [-0.1, -0.05) is 33.6 Å². The third-order valence-electron chi connectivity index (χ3n) is 2.72. The average molecular weight is 319 g/mol. The van der Waals surface area contributed by atoms with Gasteiger partial charge >= 0.3 is 6.03 Å². The summed E-state index contributed by atoms with van der Waals surface area (Å²) >= 11 is 9.47. The van der Waals surface area contributed by atoms with Crippen LogP contribution in [0.1, 0.15) is 12.0 Å². The molecule has 1 aromatic carbocycles. The lowest BCUT2D eigenvalue weighted by atomic mass is 10.2. The van der Waals surface area contributed by atoms with Crippen molar-refractivity contribution in [1.29, 1.82) is 0 Å². The van der Waals surface area contributed by atoms with Crippen LogP contribution in [0.5, 0.6) is 0 Å². The Morgan fingerprint density at radius 1 is 1.41 bits per heavy atom. The van der Waals surface area contributed by atoms with Crippen LogP contribution in [0, 0.1) is 0 Å². The molecule has 6 heteroatoms. The third kappa shape index (κ3) is 2.91. The molecule has 0 saturated carbocycles. The first-order valence-corrected chi connectivity index (χ1v) is 6.50. The van der Waals surface area contributed by atoms with Gasteiger partial charge in [0.1, 0.15) is 0 Å². The molecule has 92 valence electrons. The van der Waals surface area contributed by atoms with E-state index in [4.69, 9.17) is 17.4 Å². The van der Waals surface area contributed by atoms with Gasteiger partial charge in [-0.3, -0.25) is 5.01 Å². The van der Waals surface area contributed by atoms with Crippen molar-refractivity contribution in [2.24, 2.45) is 5.84 Å². The molecule has 1 heterocycles. The molecule has 0 aliphatic carbocycles. The number of carbonyl (C=O) groups is 1. The van der Waals surface area contributed by atoms with Crippen LogP contribution < -0.4 is 5.84 Å². The summed E-state index contributed by atoms with van der Waals surface area (Å²) in [5.41, 5.74) is 0.929. The molecule has 0 unspecified atom stereocenters. The number of rotatable bonds is 2. The maximum Gasteiger partial charge on any atom is 0.334 e. The molecule has 1 aliphatic rings. The summed E-state index contributed by atoms with van der Waals surface area (Å²) in [6.45, 7) is 1.83. The van der Waals surface area contributed by atoms with Gasteiger partial charge < -0.3 is 4.90 Å². The Morgan fingerprint density at radius 2 is 2.18 bits per heavy atom. The minimum absolute atomic E-state index is 0.143. The molecular weight excluding hydrogens is 305 g/mol. The molecule has 1 saturated heterocycles. The normalized spacial score (nSPS) is 16.5. The van der Waals surface area contributed by atoms with E-state index in [1.54, 1.807) is 4.90 Å². The highest BCUT2D eigenvalue weighted by Gasteiger charge is 2.23. The molecule has 0 atom stereocenters. The summed E-state index contributed by atoms with van der Waals surface area (Å²) in [5.74, 6) is 5.59. The van der Waals surface area contributed by atoms with Crippen molar-refractivity contribution in [3.63, 3.8) is 0 Å². The molecule has 17 heavy (non-hydrogen) atoms. The van der Waals surface area contributed by atoms with Crippen molar-refractivity contribution in [2.75, 3.05) is 13.1 Å². The largest absolute Gasteiger partial charge is 0.334 e. The van der Waals surface area contributed by atoms with Crippen LogP contribution in [0.15, 0.2) is 22.7 Å². The zero-order chi connectivity index (χ0) is 12.4. The molecule has 1 aliphatic heterocycles. The van der Waals surface area contributed by atoms with Gasteiger partial charge in [-0.2, -0.15) is 0 Å². The van der Waals surface area contributed by atoms with Gasteiger partial charge in [-0.05, 0) is 24.1 Å². The van der Waals surface area contributed by atoms with Crippen molar-refractivity contribution in [2.45, 2.75) is 13.0 Å². The Balaban J connectivity index is 2.12. The number of benzene rings is 1. The zero-order valence-electron chi connectivity index (χ0n) is 9.20. The molecule has 0 bridgehead atoms. The number of hydrogen-bond donors (Lipinski definition) is 1. The van der Waals surface area contributed by atoms with E-state index in [1.165, 1.54) is 5.01 Å². The lowest BCUT2D eigenvalue weighted by Crippen LogP contribution is -2.52. The van der Waals surface area contributed by atoms with Crippen molar-refractivity contribution in [3.05, 3.63) is 33.3 Å². The molecule has 1 fully saturated rings. The van der Waals surface area contributed by atoms with Gasteiger partial charge in [0.15, 0.2) is 0 Å². The van der Waals surface area contributed by atoms with Crippen molar-refractivity contribution in [1.82, 2.24) is 9.91 Å². The number of carbonyl (C=O) groups excluding carboxylic acids is 1. The van der Waals surface area contributed by atoms with Gasteiger partial charge in [-0.25, -0.2) is 10.6 Å². The van der Waals surface area contributed by atoms with Crippen LogP contribution >= 0.6 is 27.5 Å². The van der Waals surface area contributed by atoms with Crippen molar-refractivity contribution < 1.29 is 4.79 Å². The summed E-state index contributed by atoms with van der Waals surface area (Å²) in [4.78, 5) is 13.5. The second kappa shape index (κ2) is 5.25. The lowest BCUT2D eigenvalue weighted by molar-refractivity contribution is 0.127. The monoisotopic (exact) mass is 317 g/mol. The predicted molar refractivity (Wildman–Crippen MR) is 70.5 cm³/mol. The van der Waals surface area contributed by atoms with Crippen molar-refractivity contribution >= 4 is 33.6 Å². The first-order valence-electron chi connectivity index (χ1n) is 5.33. The Morgan fingerprint density at radius 3 is 2.88 bits per heavy atom. The fraction of sp³-hybridized carbons (Fsp3) is 0.364. The SMILES string of the molecule is NN1CCCN(Cc2ccc(Br)cc2Cl)C1=O. The molecule has 1 aromatic rings. The fourth-order valence-electron chi connectivity index (χ4n) is 1.81. The molecular formula is C11H13BrClN3O. The Bertz CT molecular complexity index is 441. The van der Waals surface area contributed by atoms with E-state index in [-0.39, 0.29) is 6.03 Å². The minimum Gasteiger partial charge on any atom is -0.319 e. The van der Waals surface area contributed by atoms with E-state index < -0.39 is 0 Å². The van der Waals surface area contributed by atoms with Crippen LogP contribution in [0.3, 0.4) is 0 Å². The van der Waals surface area contributed by atoms with E-state index in [0.29, 0.717) is 18.1 Å². The second-order valence-corrected chi connectivity index (χ2v) is 5.31. The molecule has 2 amide bonds. The quantitative estimate of drug-likeness (QED) is 0.673. The van der Waals surface area contributed by atoms with Crippen LogP contribution in [0.4, 0.5) is 4.79 Å². The van der Waals surface area contributed by atoms with E-state index in [2.05, 4.69) is 15.9 Å². The number of hydrazine groups is 1. The predicted octanol–water partition coefficient (Wildman–Crippen LogP) is 2.60. The van der Waals surface area contributed by atoms with Crippen LogP contribution in [-0.2, 0) is 6.54 Å². The maximum atomic E-state index is 11.8. The lowest BCUT2D eigenvalue weighted by Gasteiger charge is -2.32. The topological polar surface area (TPSA) is 49.6 Å². The summed E-state index contributed by atoms with van der Waals surface area (Å²) in [6.07, 6.45) is 0.885. The minimum atomic E-state index is -0.143. The van der Waals surface area contributed by atoms with Gasteiger partial charge in [0.05, 0.1) is 0 Å². The van der Waals surface area contributed by atoms with E-state index in [1.807, 2.05) is 18.2 Å². The highest BCUT2D eigenvalue weighted by atomic mass is 79.9. The zero-order valence-corrected chi connectivity index (χ0v) is 11.5. The molecule has 0 aromatic heterocycles. The first kappa shape index (κ1) is 12.7. The molecule has 0 spiro atoms. The van der Waals surface area contributed by atoms with Gasteiger partial charge in [0, 0.05) is 29.1 Å². The number of urea groups is 1. The number of halogens is 2. The molecule has 4 nitrogen and oxygen atoms in total. The Hall–Kier alpha value is -0.780. The molecule has 2 N–H and O–H groups in total. The van der Waals surface area contributed by atoms with E-state index >= 15 is 0 Å². The standard InChI is InChI=1S/C11H13BrClN3O/c12-9-3-2-8(10(13)6-9)7-15-4-1-5-16(14)11(15)17/h2-3,6H,1,4-5,7,14H2. The average Bonchev–Trinajstić information content (AvgIpc) is 2.28. The summed E-state index contributed by atoms with van der Waals surface area (Å²) in [6, 6.07) is 5.51. The smallest absolute Gasteiger partial charge is 0.319 e. The third-order valence-corrected chi connectivity index (χ3v) is 3.56. The second-order valence-electron chi connectivity index (χ2n) is 3.99. The molecule has 0 radical (unpaired) electrons. The molecule has 2 rings (SSSR count). The maximum absolute atomic E-state index is 11.8. The van der Waals surface area contributed by atoms with Crippen molar-refractivity contribution in [3.8, 4) is 0 Å². The number of amides is 2. The fourth-order valence-corrected chi connectivity index (χ4v) is 2.54. The number of nitrogens with zero attached hydrogens (tertiary/aromatic N) is 2. The van der Waals surface area contributed by atoms with Crippen LogP contribution in [-0.4, -0.2) is 29.0 Å². The van der Waals surface area contributed by atoms with Crippen LogP contribution in [0.25, 0.3) is 0 Å². The van der Waals surface area contributed by atoms with Gasteiger partial charge in [0.2, 0.25) is 0 Å². The summed E-state index contributed by atoms with van der Waals surface area (Å²) < 4.78 is 0.927. The number of hydrogen-bond acceptors (Lipinski definition) is 2. The summed E-state index contributed by atoms with van der Waals surface area (Å²) in [5, 5.41) is 1.90. The number of nitrogens with two attached hydrogens (primary N) is 1. The Kier molecular flexibility index (Phi) is 3.91. The van der Waals surface area contributed by atoms with Gasteiger partial charge in [0.25, 0.3) is 0 Å².